The molecule has 0 bridgehead atoms. The van der Waals surface area contributed by atoms with Crippen LogP contribution in [0.25, 0.3) is 0 Å². The van der Waals surface area contributed by atoms with Gasteiger partial charge in [0.1, 0.15) is 5.75 Å². The minimum atomic E-state index is -0.0263. The SMILES string of the molecule is COc1ccc(N=Cc2cc(OC)c(O)c(OC)c2)cc1. The minimum Gasteiger partial charge on any atom is -0.502 e. The maximum atomic E-state index is 9.85. The summed E-state index contributed by atoms with van der Waals surface area (Å²) in [6, 6.07) is 10.7. The number of benzene rings is 2. The van der Waals surface area contributed by atoms with Crippen LogP contribution in [-0.4, -0.2) is 32.7 Å². The molecule has 21 heavy (non-hydrogen) atoms. The highest BCUT2D eigenvalue weighted by Gasteiger charge is 2.10. The monoisotopic (exact) mass is 287 g/mol. The van der Waals surface area contributed by atoms with Gasteiger partial charge in [-0.05, 0) is 36.4 Å². The lowest BCUT2D eigenvalue weighted by Gasteiger charge is -2.09. The first-order chi connectivity index (χ1) is 10.2. The number of rotatable bonds is 5. The van der Waals surface area contributed by atoms with Gasteiger partial charge in [0.05, 0.1) is 27.0 Å². The van der Waals surface area contributed by atoms with Gasteiger partial charge in [0.2, 0.25) is 5.75 Å². The Morgan fingerprint density at radius 2 is 1.48 bits per heavy atom. The van der Waals surface area contributed by atoms with Crippen molar-refractivity contribution in [3.63, 3.8) is 0 Å². The number of methoxy groups -OCH3 is 3. The van der Waals surface area contributed by atoms with Gasteiger partial charge in [0.15, 0.2) is 11.5 Å². The van der Waals surface area contributed by atoms with Crippen molar-refractivity contribution in [2.24, 2.45) is 4.99 Å². The lowest BCUT2D eigenvalue weighted by Crippen LogP contribution is -1.92. The van der Waals surface area contributed by atoms with Crippen molar-refractivity contribution in [3.05, 3.63) is 42.0 Å². The van der Waals surface area contributed by atoms with Gasteiger partial charge in [-0.1, -0.05) is 0 Å². The maximum Gasteiger partial charge on any atom is 0.200 e. The van der Waals surface area contributed by atoms with Crippen molar-refractivity contribution < 1.29 is 19.3 Å². The van der Waals surface area contributed by atoms with Crippen molar-refractivity contribution in [2.45, 2.75) is 0 Å². The zero-order chi connectivity index (χ0) is 15.2. The van der Waals surface area contributed by atoms with Gasteiger partial charge in [0, 0.05) is 11.8 Å². The van der Waals surface area contributed by atoms with Crippen molar-refractivity contribution >= 4 is 11.9 Å². The molecule has 0 aliphatic carbocycles. The van der Waals surface area contributed by atoms with E-state index in [9.17, 15) is 5.11 Å². The first kappa shape index (κ1) is 14.7. The van der Waals surface area contributed by atoms with Crippen LogP contribution in [0.15, 0.2) is 41.4 Å². The van der Waals surface area contributed by atoms with Crippen LogP contribution in [0.2, 0.25) is 0 Å². The summed E-state index contributed by atoms with van der Waals surface area (Å²) in [4.78, 5) is 4.36. The van der Waals surface area contributed by atoms with Crippen LogP contribution in [0.5, 0.6) is 23.0 Å². The van der Waals surface area contributed by atoms with E-state index >= 15 is 0 Å². The van der Waals surface area contributed by atoms with Crippen LogP contribution < -0.4 is 14.2 Å². The first-order valence-corrected chi connectivity index (χ1v) is 6.31. The van der Waals surface area contributed by atoms with Crippen LogP contribution in [0.4, 0.5) is 5.69 Å². The lowest BCUT2D eigenvalue weighted by molar-refractivity contribution is 0.340. The summed E-state index contributed by atoms with van der Waals surface area (Å²) < 4.78 is 15.3. The quantitative estimate of drug-likeness (QED) is 0.858. The van der Waals surface area contributed by atoms with Gasteiger partial charge in [-0.2, -0.15) is 0 Å². The summed E-state index contributed by atoms with van der Waals surface area (Å²) >= 11 is 0. The van der Waals surface area contributed by atoms with E-state index in [4.69, 9.17) is 14.2 Å². The van der Waals surface area contributed by atoms with Crippen LogP contribution in [-0.2, 0) is 0 Å². The highest BCUT2D eigenvalue weighted by molar-refractivity contribution is 5.84. The Hall–Kier alpha value is -2.69. The van der Waals surface area contributed by atoms with E-state index in [1.807, 2.05) is 24.3 Å². The molecular formula is C16H17NO4. The minimum absolute atomic E-state index is 0.0263. The molecule has 0 unspecified atom stereocenters. The Balaban J connectivity index is 2.27. The number of nitrogens with zero attached hydrogens (tertiary/aromatic N) is 1. The van der Waals surface area contributed by atoms with Crippen molar-refractivity contribution in [3.8, 4) is 23.0 Å². The fourth-order valence-corrected chi connectivity index (χ4v) is 1.81. The van der Waals surface area contributed by atoms with Crippen LogP contribution in [0, 0.1) is 0 Å². The molecule has 2 rings (SSSR count). The highest BCUT2D eigenvalue weighted by atomic mass is 16.5. The van der Waals surface area contributed by atoms with Crippen LogP contribution >= 0.6 is 0 Å². The summed E-state index contributed by atoms with van der Waals surface area (Å²) in [6.07, 6.45) is 1.67. The van der Waals surface area contributed by atoms with Crippen LogP contribution in [0.1, 0.15) is 5.56 Å². The third-order valence-corrected chi connectivity index (χ3v) is 2.94. The topological polar surface area (TPSA) is 60.3 Å². The molecule has 0 amide bonds. The fraction of sp³-hybridized carbons (Fsp3) is 0.188. The second kappa shape index (κ2) is 6.65. The summed E-state index contributed by atoms with van der Waals surface area (Å²) in [7, 11) is 4.59. The molecule has 0 aromatic heterocycles. The number of phenols is 1. The molecule has 0 saturated carbocycles. The molecule has 0 fully saturated rings. The Bertz CT molecular complexity index is 610. The average Bonchev–Trinajstić information content (AvgIpc) is 2.54. The molecular weight excluding hydrogens is 270 g/mol. The molecule has 0 heterocycles. The number of aliphatic imine (C=N–C) groups is 1. The Kier molecular flexibility index (Phi) is 4.66. The normalized spacial score (nSPS) is 10.6. The van der Waals surface area contributed by atoms with E-state index in [1.165, 1.54) is 14.2 Å². The number of aromatic hydroxyl groups is 1. The number of phenolic OH excluding ortho intramolecular Hbond substituents is 1. The molecule has 0 aliphatic heterocycles. The second-order valence-electron chi connectivity index (χ2n) is 4.23. The van der Waals surface area contributed by atoms with E-state index in [-0.39, 0.29) is 5.75 Å². The van der Waals surface area contributed by atoms with E-state index in [2.05, 4.69) is 4.99 Å². The summed E-state index contributed by atoms with van der Waals surface area (Å²) in [5, 5.41) is 9.85. The third-order valence-electron chi connectivity index (χ3n) is 2.94. The molecule has 0 aliphatic rings. The van der Waals surface area contributed by atoms with Crippen molar-refractivity contribution in [2.75, 3.05) is 21.3 Å². The van der Waals surface area contributed by atoms with E-state index in [1.54, 1.807) is 25.5 Å². The second-order valence-corrected chi connectivity index (χ2v) is 4.23. The van der Waals surface area contributed by atoms with Gasteiger partial charge in [0.25, 0.3) is 0 Å². The van der Waals surface area contributed by atoms with Gasteiger partial charge < -0.3 is 19.3 Å². The molecule has 2 aromatic carbocycles. The summed E-state index contributed by atoms with van der Waals surface area (Å²) in [5.74, 6) is 1.43. The molecule has 0 spiro atoms. The van der Waals surface area contributed by atoms with Gasteiger partial charge in [-0.15, -0.1) is 0 Å². The maximum absolute atomic E-state index is 9.85. The van der Waals surface area contributed by atoms with E-state index in [0.717, 1.165) is 17.0 Å². The molecule has 110 valence electrons. The smallest absolute Gasteiger partial charge is 0.200 e. The largest absolute Gasteiger partial charge is 0.502 e. The zero-order valence-electron chi connectivity index (χ0n) is 12.2. The van der Waals surface area contributed by atoms with Gasteiger partial charge in [-0.3, -0.25) is 4.99 Å². The standard InChI is InChI=1S/C16H17NO4/c1-19-13-6-4-12(5-7-13)17-10-11-8-14(20-2)16(18)15(9-11)21-3/h4-10,18H,1-3H3. The summed E-state index contributed by atoms with van der Waals surface area (Å²) in [5.41, 5.74) is 1.55. The fourth-order valence-electron chi connectivity index (χ4n) is 1.81. The molecule has 0 saturated heterocycles. The Morgan fingerprint density at radius 1 is 0.905 bits per heavy atom. The summed E-state index contributed by atoms with van der Waals surface area (Å²) in [6.45, 7) is 0. The molecule has 5 heteroatoms. The Labute approximate surface area is 123 Å². The predicted molar refractivity (Wildman–Crippen MR) is 81.5 cm³/mol. The number of ether oxygens (including phenoxy) is 3. The highest BCUT2D eigenvalue weighted by Crippen LogP contribution is 2.36. The van der Waals surface area contributed by atoms with E-state index < -0.39 is 0 Å². The zero-order valence-corrected chi connectivity index (χ0v) is 12.2. The molecule has 0 radical (unpaired) electrons. The third kappa shape index (κ3) is 3.45. The molecule has 1 N–H and O–H groups in total. The predicted octanol–water partition coefficient (Wildman–Crippen LogP) is 3.17. The Morgan fingerprint density at radius 3 is 1.95 bits per heavy atom. The van der Waals surface area contributed by atoms with Gasteiger partial charge in [-0.25, -0.2) is 0 Å². The molecule has 0 atom stereocenters. The van der Waals surface area contributed by atoms with Crippen molar-refractivity contribution in [1.82, 2.24) is 0 Å². The number of hydrogen-bond donors (Lipinski definition) is 1. The lowest BCUT2D eigenvalue weighted by atomic mass is 10.2. The molecule has 2 aromatic rings. The van der Waals surface area contributed by atoms with E-state index in [0.29, 0.717) is 11.5 Å². The van der Waals surface area contributed by atoms with Gasteiger partial charge >= 0.3 is 0 Å². The first-order valence-electron chi connectivity index (χ1n) is 6.31. The molecule has 5 nitrogen and oxygen atoms in total. The number of hydrogen-bond acceptors (Lipinski definition) is 5. The average molecular weight is 287 g/mol. The van der Waals surface area contributed by atoms with Crippen molar-refractivity contribution in [1.29, 1.82) is 0 Å². The van der Waals surface area contributed by atoms with Crippen LogP contribution in [0.3, 0.4) is 0 Å².